The average molecular weight is 257 g/mol. The van der Waals surface area contributed by atoms with Gasteiger partial charge in [0.1, 0.15) is 5.82 Å². The molecule has 1 aromatic carbocycles. The van der Waals surface area contributed by atoms with Crippen molar-refractivity contribution >= 4 is 5.82 Å². The van der Waals surface area contributed by atoms with Crippen LogP contribution in [0.25, 0.3) is 5.69 Å². The number of aryl methyl sites for hydroxylation is 1. The molecule has 19 heavy (non-hydrogen) atoms. The zero-order chi connectivity index (χ0) is 14.0. The molecule has 0 spiro atoms. The minimum atomic E-state index is 0.246. The van der Waals surface area contributed by atoms with Crippen LogP contribution < -0.4 is 5.32 Å². The molecule has 0 saturated carbocycles. The van der Waals surface area contributed by atoms with E-state index in [1.165, 1.54) is 5.56 Å². The van der Waals surface area contributed by atoms with Gasteiger partial charge in [-0.1, -0.05) is 39.0 Å². The molecule has 1 aromatic heterocycles. The Hall–Kier alpha value is -1.77. The van der Waals surface area contributed by atoms with Crippen molar-refractivity contribution in [3.8, 4) is 5.69 Å². The van der Waals surface area contributed by atoms with Gasteiger partial charge in [-0.05, 0) is 30.4 Å². The van der Waals surface area contributed by atoms with Crippen molar-refractivity contribution in [1.29, 1.82) is 0 Å². The first-order valence-electron chi connectivity index (χ1n) is 6.73. The summed E-state index contributed by atoms with van der Waals surface area (Å²) in [5, 5.41) is 7.98. The molecular weight excluding hydrogens is 234 g/mol. The molecule has 0 fully saturated rings. The number of anilines is 1. The van der Waals surface area contributed by atoms with E-state index in [2.05, 4.69) is 57.3 Å². The molecule has 1 heterocycles. The van der Waals surface area contributed by atoms with Crippen molar-refractivity contribution in [1.82, 2.24) is 9.78 Å². The van der Waals surface area contributed by atoms with E-state index in [1.807, 2.05) is 17.8 Å². The Balaban J connectivity index is 2.43. The van der Waals surface area contributed by atoms with Gasteiger partial charge in [0.25, 0.3) is 0 Å². The molecule has 2 rings (SSSR count). The Bertz CT molecular complexity index is 562. The Labute approximate surface area is 115 Å². The zero-order valence-electron chi connectivity index (χ0n) is 12.5. The van der Waals surface area contributed by atoms with Crippen LogP contribution in [0.1, 0.15) is 32.0 Å². The second kappa shape index (κ2) is 5.08. The van der Waals surface area contributed by atoms with Crippen molar-refractivity contribution in [2.45, 2.75) is 34.1 Å². The van der Waals surface area contributed by atoms with Crippen LogP contribution in [0.3, 0.4) is 0 Å². The van der Waals surface area contributed by atoms with Crippen molar-refractivity contribution < 1.29 is 0 Å². The standard InChI is InChI=1S/C16H23N3/c1-12-8-6-7-9-14(12)19-15(17-5)10-13(18-19)11-16(2,3)4/h6-10,17H,11H2,1-5H3. The van der Waals surface area contributed by atoms with Gasteiger partial charge in [0.05, 0.1) is 11.4 Å². The summed E-state index contributed by atoms with van der Waals surface area (Å²) in [7, 11) is 1.94. The molecule has 2 aromatic rings. The highest BCUT2D eigenvalue weighted by Gasteiger charge is 2.16. The lowest BCUT2D eigenvalue weighted by Crippen LogP contribution is -2.10. The number of rotatable bonds is 3. The molecule has 1 N–H and O–H groups in total. The maximum absolute atomic E-state index is 4.75. The summed E-state index contributed by atoms with van der Waals surface area (Å²) >= 11 is 0. The molecular formula is C16H23N3. The Morgan fingerprint density at radius 1 is 1.21 bits per heavy atom. The van der Waals surface area contributed by atoms with E-state index < -0.39 is 0 Å². The Kier molecular flexibility index (Phi) is 3.65. The van der Waals surface area contributed by atoms with E-state index in [4.69, 9.17) is 5.10 Å². The molecule has 0 aliphatic heterocycles. The van der Waals surface area contributed by atoms with Gasteiger partial charge in [-0.3, -0.25) is 0 Å². The van der Waals surface area contributed by atoms with Crippen LogP contribution in [0, 0.1) is 12.3 Å². The summed E-state index contributed by atoms with van der Waals surface area (Å²) in [5.74, 6) is 1.04. The normalized spacial score (nSPS) is 11.6. The number of nitrogens with one attached hydrogen (secondary N) is 1. The SMILES string of the molecule is CNc1cc(CC(C)(C)C)nn1-c1ccccc1C. The smallest absolute Gasteiger partial charge is 0.129 e. The van der Waals surface area contributed by atoms with Crippen molar-refractivity contribution in [3.63, 3.8) is 0 Å². The number of para-hydroxylation sites is 1. The molecule has 0 aliphatic carbocycles. The fourth-order valence-electron chi connectivity index (χ4n) is 2.22. The number of nitrogens with zero attached hydrogens (tertiary/aromatic N) is 2. The maximum Gasteiger partial charge on any atom is 0.129 e. The summed E-state index contributed by atoms with van der Waals surface area (Å²) in [6.45, 7) is 8.82. The van der Waals surface area contributed by atoms with Crippen molar-refractivity contribution in [3.05, 3.63) is 41.6 Å². The van der Waals surface area contributed by atoms with Gasteiger partial charge >= 0.3 is 0 Å². The lowest BCUT2D eigenvalue weighted by Gasteiger charge is -2.15. The quantitative estimate of drug-likeness (QED) is 0.906. The predicted octanol–water partition coefficient (Wildman–Crippen LogP) is 3.81. The fraction of sp³-hybridized carbons (Fsp3) is 0.438. The number of hydrogen-bond donors (Lipinski definition) is 1. The van der Waals surface area contributed by atoms with Crippen molar-refractivity contribution in [2.75, 3.05) is 12.4 Å². The molecule has 0 atom stereocenters. The van der Waals surface area contributed by atoms with Gasteiger partial charge in [-0.25, -0.2) is 4.68 Å². The Morgan fingerprint density at radius 3 is 2.47 bits per heavy atom. The van der Waals surface area contributed by atoms with E-state index in [1.54, 1.807) is 0 Å². The summed E-state index contributed by atoms with van der Waals surface area (Å²) in [6.07, 6.45) is 0.973. The largest absolute Gasteiger partial charge is 0.373 e. The van der Waals surface area contributed by atoms with Crippen LogP contribution in [-0.4, -0.2) is 16.8 Å². The minimum Gasteiger partial charge on any atom is -0.373 e. The van der Waals surface area contributed by atoms with Gasteiger partial charge in [0.15, 0.2) is 0 Å². The first kappa shape index (κ1) is 13.7. The topological polar surface area (TPSA) is 29.9 Å². The highest BCUT2D eigenvalue weighted by atomic mass is 15.3. The molecule has 3 nitrogen and oxygen atoms in total. The molecule has 0 unspecified atom stereocenters. The molecule has 0 aliphatic rings. The zero-order valence-corrected chi connectivity index (χ0v) is 12.5. The second-order valence-corrected chi connectivity index (χ2v) is 6.21. The van der Waals surface area contributed by atoms with Gasteiger partial charge in [-0.2, -0.15) is 5.10 Å². The van der Waals surface area contributed by atoms with Crippen LogP contribution in [-0.2, 0) is 6.42 Å². The molecule has 0 radical (unpaired) electrons. The molecule has 0 amide bonds. The van der Waals surface area contributed by atoms with Crippen LogP contribution >= 0.6 is 0 Å². The Morgan fingerprint density at radius 2 is 1.89 bits per heavy atom. The van der Waals surface area contributed by atoms with Crippen LogP contribution in [0.2, 0.25) is 0 Å². The van der Waals surface area contributed by atoms with E-state index in [0.29, 0.717) is 0 Å². The summed E-state index contributed by atoms with van der Waals surface area (Å²) in [5.41, 5.74) is 3.73. The first-order valence-corrected chi connectivity index (χ1v) is 6.73. The summed E-state index contributed by atoms with van der Waals surface area (Å²) < 4.78 is 2.00. The highest BCUT2D eigenvalue weighted by molar-refractivity contribution is 5.49. The highest BCUT2D eigenvalue weighted by Crippen LogP contribution is 2.24. The summed E-state index contributed by atoms with van der Waals surface area (Å²) in [6, 6.07) is 10.5. The fourth-order valence-corrected chi connectivity index (χ4v) is 2.22. The van der Waals surface area contributed by atoms with Crippen LogP contribution in [0.5, 0.6) is 0 Å². The molecule has 0 saturated heterocycles. The number of hydrogen-bond acceptors (Lipinski definition) is 2. The minimum absolute atomic E-state index is 0.246. The van der Waals surface area contributed by atoms with E-state index in [0.717, 1.165) is 23.6 Å². The second-order valence-electron chi connectivity index (χ2n) is 6.21. The van der Waals surface area contributed by atoms with Crippen molar-refractivity contribution in [2.24, 2.45) is 5.41 Å². The van der Waals surface area contributed by atoms with Gasteiger partial charge in [-0.15, -0.1) is 0 Å². The van der Waals surface area contributed by atoms with E-state index >= 15 is 0 Å². The lowest BCUT2D eigenvalue weighted by molar-refractivity contribution is 0.405. The monoisotopic (exact) mass is 257 g/mol. The van der Waals surface area contributed by atoms with E-state index in [9.17, 15) is 0 Å². The van der Waals surface area contributed by atoms with Crippen LogP contribution in [0.4, 0.5) is 5.82 Å². The molecule has 102 valence electrons. The van der Waals surface area contributed by atoms with Crippen LogP contribution in [0.15, 0.2) is 30.3 Å². The van der Waals surface area contributed by atoms with Gasteiger partial charge in [0, 0.05) is 13.1 Å². The number of aromatic nitrogens is 2. The average Bonchev–Trinajstić information content (AvgIpc) is 2.70. The molecule has 3 heteroatoms. The third-order valence-corrected chi connectivity index (χ3v) is 3.07. The maximum atomic E-state index is 4.75. The predicted molar refractivity (Wildman–Crippen MR) is 81.0 cm³/mol. The van der Waals surface area contributed by atoms with Gasteiger partial charge < -0.3 is 5.32 Å². The summed E-state index contributed by atoms with van der Waals surface area (Å²) in [4.78, 5) is 0. The first-order chi connectivity index (χ1) is 8.90. The third kappa shape index (κ3) is 3.16. The molecule has 0 bridgehead atoms. The van der Waals surface area contributed by atoms with E-state index in [-0.39, 0.29) is 5.41 Å². The van der Waals surface area contributed by atoms with Gasteiger partial charge in [0.2, 0.25) is 0 Å². The lowest BCUT2D eigenvalue weighted by atomic mass is 9.91. The number of benzene rings is 1. The third-order valence-electron chi connectivity index (χ3n) is 3.07.